The molecule has 16 heavy (non-hydrogen) atoms. The molecule has 4 atom stereocenters. The quantitative estimate of drug-likeness (QED) is 0.684. The van der Waals surface area contributed by atoms with E-state index in [0.29, 0.717) is 11.1 Å². The van der Waals surface area contributed by atoms with Gasteiger partial charge in [-0.1, -0.05) is 50.0 Å². The van der Waals surface area contributed by atoms with Gasteiger partial charge in [-0.3, -0.25) is 4.79 Å². The summed E-state index contributed by atoms with van der Waals surface area (Å²) in [6.07, 6.45) is 4.70. The van der Waals surface area contributed by atoms with Crippen LogP contribution in [0, 0.1) is 23.2 Å². The Bertz CT molecular complexity index is 251. The summed E-state index contributed by atoms with van der Waals surface area (Å²) in [5.74, 6) is 2.18. The highest BCUT2D eigenvalue weighted by Gasteiger charge is 2.49. The van der Waals surface area contributed by atoms with Gasteiger partial charge in [0, 0.05) is 5.92 Å². The molecule has 0 heterocycles. The molecule has 0 aromatic heterocycles. The van der Waals surface area contributed by atoms with Crippen molar-refractivity contribution < 1.29 is 4.79 Å². The van der Waals surface area contributed by atoms with E-state index in [1.807, 2.05) is 0 Å². The number of carbonyl (C=O) groups is 1. The Hall–Kier alpha value is 0.150. The van der Waals surface area contributed by atoms with Crippen LogP contribution in [0.2, 0.25) is 0 Å². The van der Waals surface area contributed by atoms with Crippen LogP contribution in [0.25, 0.3) is 0 Å². The largest absolute Gasteiger partial charge is 0.298 e. The fraction of sp³-hybridized carbons (Fsp3) is 0.929. The maximum Gasteiger partial charge on any atom is 0.147 e. The van der Waals surface area contributed by atoms with E-state index in [0.717, 1.165) is 24.7 Å². The van der Waals surface area contributed by atoms with Gasteiger partial charge in [-0.25, -0.2) is 0 Å². The molecule has 0 radical (unpaired) electrons. The summed E-state index contributed by atoms with van der Waals surface area (Å²) in [4.78, 5) is 12.0. The Morgan fingerprint density at radius 3 is 2.50 bits per heavy atom. The number of hydrogen-bond donors (Lipinski definition) is 0. The summed E-state index contributed by atoms with van der Waals surface area (Å²) < 4.78 is 0. The molecule has 94 valence electrons. The maximum absolute atomic E-state index is 12.0. The first kappa shape index (κ1) is 14.2. The van der Waals surface area contributed by atoms with Crippen LogP contribution in [0.15, 0.2) is 0 Å². The second-order valence-corrected chi connectivity index (χ2v) is 6.14. The fourth-order valence-corrected chi connectivity index (χ4v) is 4.00. The second-order valence-electron chi connectivity index (χ2n) is 5.58. The molecule has 1 saturated carbocycles. The van der Waals surface area contributed by atoms with Gasteiger partial charge in [0.05, 0.1) is 5.33 Å². The van der Waals surface area contributed by atoms with E-state index >= 15 is 0 Å². The van der Waals surface area contributed by atoms with E-state index in [1.165, 1.54) is 12.8 Å². The lowest BCUT2D eigenvalue weighted by molar-refractivity contribution is -0.124. The number of Topliss-reactive ketones (excluding diaryl/α,β-unsaturated/α-hetero) is 1. The van der Waals surface area contributed by atoms with Crippen molar-refractivity contribution in [2.75, 3.05) is 5.33 Å². The Morgan fingerprint density at radius 1 is 1.44 bits per heavy atom. The van der Waals surface area contributed by atoms with Gasteiger partial charge >= 0.3 is 0 Å². The first-order valence-corrected chi connectivity index (χ1v) is 7.72. The van der Waals surface area contributed by atoms with Crippen molar-refractivity contribution in [2.24, 2.45) is 23.2 Å². The molecule has 4 unspecified atom stereocenters. The van der Waals surface area contributed by atoms with E-state index in [9.17, 15) is 4.79 Å². The normalized spacial score (nSPS) is 36.3. The third kappa shape index (κ3) is 2.37. The van der Waals surface area contributed by atoms with Gasteiger partial charge in [0.1, 0.15) is 5.78 Å². The highest BCUT2D eigenvalue weighted by atomic mass is 79.9. The van der Waals surface area contributed by atoms with Crippen molar-refractivity contribution in [1.29, 1.82) is 0 Å². The minimum absolute atomic E-state index is 0.236. The van der Waals surface area contributed by atoms with Crippen molar-refractivity contribution in [3.63, 3.8) is 0 Å². The third-order valence-electron chi connectivity index (χ3n) is 5.02. The van der Waals surface area contributed by atoms with Crippen LogP contribution < -0.4 is 0 Å². The Morgan fingerprint density at radius 2 is 2.06 bits per heavy atom. The van der Waals surface area contributed by atoms with Crippen molar-refractivity contribution in [3.8, 4) is 0 Å². The first-order valence-electron chi connectivity index (χ1n) is 6.59. The third-order valence-corrected chi connectivity index (χ3v) is 5.58. The first-order chi connectivity index (χ1) is 7.51. The number of halogens is 1. The van der Waals surface area contributed by atoms with Crippen LogP contribution in [0.3, 0.4) is 0 Å². The molecule has 1 aliphatic rings. The molecule has 1 nitrogen and oxygen atoms in total. The lowest BCUT2D eigenvalue weighted by Gasteiger charge is -2.38. The van der Waals surface area contributed by atoms with Crippen molar-refractivity contribution in [2.45, 2.75) is 53.4 Å². The summed E-state index contributed by atoms with van der Waals surface area (Å²) in [5.41, 5.74) is 0.236. The van der Waals surface area contributed by atoms with E-state index in [4.69, 9.17) is 0 Å². The van der Waals surface area contributed by atoms with Crippen LogP contribution >= 0.6 is 15.9 Å². The van der Waals surface area contributed by atoms with Crippen LogP contribution in [0.1, 0.15) is 53.4 Å². The molecule has 1 rings (SSSR count). The van der Waals surface area contributed by atoms with Crippen molar-refractivity contribution in [1.82, 2.24) is 0 Å². The maximum atomic E-state index is 12.0. The summed E-state index contributed by atoms with van der Waals surface area (Å²) in [6, 6.07) is 0. The van der Waals surface area contributed by atoms with Gasteiger partial charge in [0.2, 0.25) is 0 Å². The van der Waals surface area contributed by atoms with Gasteiger partial charge < -0.3 is 0 Å². The number of carbonyl (C=O) groups excluding carboxylic acids is 1. The van der Waals surface area contributed by atoms with Crippen LogP contribution in [0.4, 0.5) is 0 Å². The Kier molecular flexibility index (Phi) is 5.03. The lowest BCUT2D eigenvalue weighted by atomic mass is 9.66. The van der Waals surface area contributed by atoms with Crippen LogP contribution in [-0.2, 0) is 4.79 Å². The monoisotopic (exact) mass is 288 g/mol. The Balaban J connectivity index is 2.90. The van der Waals surface area contributed by atoms with Gasteiger partial charge in [0.25, 0.3) is 0 Å². The molecule has 1 fully saturated rings. The molecule has 0 N–H and O–H groups in total. The van der Waals surface area contributed by atoms with E-state index in [2.05, 4.69) is 43.6 Å². The van der Waals surface area contributed by atoms with E-state index in [-0.39, 0.29) is 11.3 Å². The average molecular weight is 289 g/mol. The summed E-state index contributed by atoms with van der Waals surface area (Å²) in [5, 5.41) is 0.528. The van der Waals surface area contributed by atoms with Crippen molar-refractivity contribution in [3.05, 3.63) is 0 Å². The average Bonchev–Trinajstić information content (AvgIpc) is 2.65. The van der Waals surface area contributed by atoms with E-state index < -0.39 is 0 Å². The molecule has 0 saturated heterocycles. The molecule has 0 aromatic rings. The predicted octanol–water partition coefficient (Wildman–Crippen LogP) is 4.44. The molecule has 0 amide bonds. The molecule has 0 aliphatic heterocycles. The molecular weight excluding hydrogens is 264 g/mol. The van der Waals surface area contributed by atoms with Crippen LogP contribution in [0.5, 0.6) is 0 Å². The zero-order valence-electron chi connectivity index (χ0n) is 11.1. The number of hydrogen-bond acceptors (Lipinski definition) is 1. The van der Waals surface area contributed by atoms with Gasteiger partial charge in [-0.15, -0.1) is 0 Å². The number of rotatable bonds is 5. The number of ketones is 1. The standard InChI is InChI=1S/C14H25BrO/c1-5-10(3)11-7-8-12(13(16)9-15)14(11,4)6-2/h10-12H,5-9H2,1-4H3. The SMILES string of the molecule is CCC(C)C1CCC(C(=O)CBr)C1(C)CC. The Labute approximate surface area is 109 Å². The highest BCUT2D eigenvalue weighted by Crippen LogP contribution is 2.53. The zero-order valence-corrected chi connectivity index (χ0v) is 12.6. The zero-order chi connectivity index (χ0) is 12.3. The van der Waals surface area contributed by atoms with Crippen molar-refractivity contribution >= 4 is 21.7 Å². The molecule has 2 heteroatoms. The number of alkyl halides is 1. The molecule has 0 aromatic carbocycles. The topological polar surface area (TPSA) is 17.1 Å². The molecule has 0 bridgehead atoms. The van der Waals surface area contributed by atoms with Crippen LogP contribution in [-0.4, -0.2) is 11.1 Å². The highest BCUT2D eigenvalue weighted by molar-refractivity contribution is 9.09. The second kappa shape index (κ2) is 5.66. The molecular formula is C14H25BrO. The fourth-order valence-electron chi connectivity index (χ4n) is 3.61. The summed E-state index contributed by atoms with van der Waals surface area (Å²) >= 11 is 3.33. The smallest absolute Gasteiger partial charge is 0.147 e. The molecule has 1 aliphatic carbocycles. The van der Waals surface area contributed by atoms with E-state index in [1.54, 1.807) is 0 Å². The summed E-state index contributed by atoms with van der Waals surface area (Å²) in [7, 11) is 0. The molecule has 0 spiro atoms. The minimum atomic E-state index is 0.236. The van der Waals surface area contributed by atoms with Gasteiger partial charge in [-0.2, -0.15) is 0 Å². The summed E-state index contributed by atoms with van der Waals surface area (Å²) in [6.45, 7) is 9.19. The lowest BCUT2D eigenvalue weighted by Crippen LogP contribution is -2.36. The van der Waals surface area contributed by atoms with Gasteiger partial charge in [-0.05, 0) is 36.5 Å². The van der Waals surface area contributed by atoms with Gasteiger partial charge in [0.15, 0.2) is 0 Å². The minimum Gasteiger partial charge on any atom is -0.298 e. The predicted molar refractivity (Wildman–Crippen MR) is 72.9 cm³/mol.